The lowest BCUT2D eigenvalue weighted by molar-refractivity contribution is 0.367. The Bertz CT molecular complexity index is 73.5. The Morgan fingerprint density at radius 1 is 1.67 bits per heavy atom. The molecular weight excluding hydrogens is 157 g/mol. The van der Waals surface area contributed by atoms with E-state index in [1.165, 1.54) is 0 Å². The quantitative estimate of drug-likeness (QED) is 0.460. The third-order valence-electron chi connectivity index (χ3n) is 1.09. The number of hydrogen-bond donors (Lipinski definition) is 0. The van der Waals surface area contributed by atoms with Crippen molar-refractivity contribution in [2.24, 2.45) is 0 Å². The van der Waals surface area contributed by atoms with Gasteiger partial charge >= 0.3 is 0 Å². The fourth-order valence-electron chi connectivity index (χ4n) is 0.412. The first kappa shape index (κ1) is 12.0. The molecule has 0 aliphatic rings. The highest BCUT2D eigenvalue weighted by Gasteiger charge is 2.01. The second-order valence-electron chi connectivity index (χ2n) is 1.92. The van der Waals surface area contributed by atoms with Gasteiger partial charge < -0.3 is 4.90 Å². The summed E-state index contributed by atoms with van der Waals surface area (Å²) in [6.45, 7) is 3.63. The minimum atomic E-state index is 0. The van der Waals surface area contributed by atoms with Crippen molar-refractivity contribution >= 4 is 24.0 Å². The van der Waals surface area contributed by atoms with Crippen LogP contribution in [0.25, 0.3) is 0 Å². The highest BCUT2D eigenvalue weighted by Crippen LogP contribution is 1.95. The molecule has 9 heavy (non-hydrogen) atoms. The molecule has 0 rings (SSSR count). The van der Waals surface area contributed by atoms with Gasteiger partial charge in [-0.1, -0.05) is 6.08 Å². The molecule has 56 valence electrons. The smallest absolute Gasteiger partial charge is 0.0415 e. The van der Waals surface area contributed by atoms with Gasteiger partial charge in [-0.05, 0) is 14.1 Å². The molecule has 0 fully saturated rings. The van der Waals surface area contributed by atoms with Gasteiger partial charge in [0.2, 0.25) is 0 Å². The topological polar surface area (TPSA) is 3.24 Å². The molecule has 0 aromatic carbocycles. The molecule has 3 heteroatoms. The van der Waals surface area contributed by atoms with Gasteiger partial charge in [-0.2, -0.15) is 0 Å². The molecule has 0 heterocycles. The minimum absolute atomic E-state index is 0. The Balaban J connectivity index is 0. The van der Waals surface area contributed by atoms with E-state index < -0.39 is 0 Å². The summed E-state index contributed by atoms with van der Waals surface area (Å²) in [4.78, 5) is 2.03. The van der Waals surface area contributed by atoms with Crippen LogP contribution in [-0.4, -0.2) is 30.9 Å². The summed E-state index contributed by atoms with van der Waals surface area (Å²) in [6, 6.07) is 0.316. The third kappa shape index (κ3) is 4.76. The van der Waals surface area contributed by atoms with Crippen LogP contribution in [0.4, 0.5) is 0 Å². The van der Waals surface area contributed by atoms with Crippen LogP contribution in [0.3, 0.4) is 0 Å². The lowest BCUT2D eigenvalue weighted by atomic mass is 10.3. The molecule has 0 aliphatic carbocycles. The number of nitrogens with zero attached hydrogens (tertiary/aromatic N) is 1. The Morgan fingerprint density at radius 2 is 2.11 bits per heavy atom. The van der Waals surface area contributed by atoms with Gasteiger partial charge in [0.15, 0.2) is 0 Å². The molecule has 0 spiro atoms. The molecule has 0 bridgehead atoms. The van der Waals surface area contributed by atoms with Crippen LogP contribution in [0, 0.1) is 0 Å². The summed E-state index contributed by atoms with van der Waals surface area (Å²) in [5.74, 6) is 0.622. The summed E-state index contributed by atoms with van der Waals surface area (Å²) in [6.07, 6.45) is 1.84. The molecule has 0 saturated heterocycles. The third-order valence-corrected chi connectivity index (χ3v) is 1.41. The molecule has 0 amide bonds. The van der Waals surface area contributed by atoms with Crippen molar-refractivity contribution in [3.63, 3.8) is 0 Å². The number of rotatable bonds is 3. The first-order valence-electron chi connectivity index (χ1n) is 2.57. The predicted molar refractivity (Wildman–Crippen MR) is 45.6 cm³/mol. The fourth-order valence-corrected chi connectivity index (χ4v) is 0.814. The van der Waals surface area contributed by atoms with Gasteiger partial charge in [0, 0.05) is 11.9 Å². The maximum atomic E-state index is 5.55. The molecule has 1 nitrogen and oxygen atoms in total. The molecule has 1 unspecified atom stereocenters. The number of halogens is 2. The highest BCUT2D eigenvalue weighted by molar-refractivity contribution is 6.18. The van der Waals surface area contributed by atoms with Gasteiger partial charge in [0.05, 0.1) is 0 Å². The number of likely N-dealkylation sites (N-methyl/N-ethyl adjacent to an activating group) is 1. The van der Waals surface area contributed by atoms with Crippen molar-refractivity contribution in [1.29, 1.82) is 0 Å². The van der Waals surface area contributed by atoms with E-state index in [1.54, 1.807) is 0 Å². The SMILES string of the molecule is C=CC(CCl)N(C)C.Cl. The van der Waals surface area contributed by atoms with Gasteiger partial charge in [-0.3, -0.25) is 0 Å². The molecule has 0 aromatic heterocycles. The largest absolute Gasteiger partial charge is 0.302 e. The summed E-state index contributed by atoms with van der Waals surface area (Å²) < 4.78 is 0. The normalized spacial score (nSPS) is 12.4. The Morgan fingerprint density at radius 3 is 2.11 bits per heavy atom. The predicted octanol–water partition coefficient (Wildman–Crippen LogP) is 1.76. The minimum Gasteiger partial charge on any atom is -0.302 e. The fraction of sp³-hybridized carbons (Fsp3) is 0.667. The number of alkyl halides is 1. The van der Waals surface area contributed by atoms with Crippen molar-refractivity contribution in [1.82, 2.24) is 4.90 Å². The van der Waals surface area contributed by atoms with E-state index in [0.29, 0.717) is 11.9 Å². The van der Waals surface area contributed by atoms with Crippen LogP contribution in [0.1, 0.15) is 0 Å². The van der Waals surface area contributed by atoms with Crippen LogP contribution in [-0.2, 0) is 0 Å². The molecule has 0 radical (unpaired) electrons. The summed E-state index contributed by atoms with van der Waals surface area (Å²) in [5.41, 5.74) is 0. The van der Waals surface area contributed by atoms with E-state index in [-0.39, 0.29) is 12.4 Å². The standard InChI is InChI=1S/C6H12ClN.ClH/c1-4-6(5-7)8(2)3;/h4,6H,1,5H2,2-3H3;1H. The number of hydrogen-bond acceptors (Lipinski definition) is 1. The monoisotopic (exact) mass is 169 g/mol. The van der Waals surface area contributed by atoms with Crippen molar-refractivity contribution in [2.45, 2.75) is 6.04 Å². The van der Waals surface area contributed by atoms with E-state index in [4.69, 9.17) is 11.6 Å². The highest BCUT2D eigenvalue weighted by atomic mass is 35.5. The van der Waals surface area contributed by atoms with Gasteiger partial charge in [0.1, 0.15) is 0 Å². The zero-order valence-electron chi connectivity index (χ0n) is 5.80. The Kier molecular flexibility index (Phi) is 8.54. The van der Waals surface area contributed by atoms with Crippen LogP contribution < -0.4 is 0 Å². The van der Waals surface area contributed by atoms with E-state index in [1.807, 2.05) is 25.1 Å². The zero-order chi connectivity index (χ0) is 6.57. The van der Waals surface area contributed by atoms with Crippen molar-refractivity contribution in [3.05, 3.63) is 12.7 Å². The Hall–Kier alpha value is 0.280. The van der Waals surface area contributed by atoms with Crippen LogP contribution >= 0.6 is 24.0 Å². The Labute approximate surface area is 68.1 Å². The second kappa shape index (κ2) is 6.40. The van der Waals surface area contributed by atoms with Gasteiger partial charge in [-0.25, -0.2) is 0 Å². The molecular formula is C6H13Cl2N. The molecule has 0 aliphatic heterocycles. The van der Waals surface area contributed by atoms with Crippen molar-refractivity contribution in [3.8, 4) is 0 Å². The van der Waals surface area contributed by atoms with Crippen LogP contribution in [0.5, 0.6) is 0 Å². The lowest BCUT2D eigenvalue weighted by Gasteiger charge is -2.16. The molecule has 1 atom stereocenters. The van der Waals surface area contributed by atoms with E-state index in [0.717, 1.165) is 0 Å². The molecule has 0 saturated carbocycles. The van der Waals surface area contributed by atoms with Crippen LogP contribution in [0.2, 0.25) is 0 Å². The van der Waals surface area contributed by atoms with Crippen LogP contribution in [0.15, 0.2) is 12.7 Å². The second-order valence-corrected chi connectivity index (χ2v) is 2.23. The molecule has 0 N–H and O–H groups in total. The summed E-state index contributed by atoms with van der Waals surface area (Å²) in [7, 11) is 3.96. The van der Waals surface area contributed by atoms with Gasteiger partial charge in [0.25, 0.3) is 0 Å². The van der Waals surface area contributed by atoms with E-state index in [9.17, 15) is 0 Å². The average Bonchev–Trinajstić information content (AvgIpc) is 1.69. The van der Waals surface area contributed by atoms with Gasteiger partial charge in [-0.15, -0.1) is 30.6 Å². The average molecular weight is 170 g/mol. The van der Waals surface area contributed by atoms with E-state index in [2.05, 4.69) is 6.58 Å². The lowest BCUT2D eigenvalue weighted by Crippen LogP contribution is -2.26. The van der Waals surface area contributed by atoms with Crippen molar-refractivity contribution < 1.29 is 0 Å². The zero-order valence-corrected chi connectivity index (χ0v) is 7.37. The molecule has 0 aromatic rings. The maximum Gasteiger partial charge on any atom is 0.0415 e. The van der Waals surface area contributed by atoms with Crippen molar-refractivity contribution in [2.75, 3.05) is 20.0 Å². The van der Waals surface area contributed by atoms with E-state index >= 15 is 0 Å². The first-order chi connectivity index (χ1) is 3.72. The summed E-state index contributed by atoms with van der Waals surface area (Å²) in [5, 5.41) is 0. The maximum absolute atomic E-state index is 5.55. The first-order valence-corrected chi connectivity index (χ1v) is 3.10. The summed E-state index contributed by atoms with van der Waals surface area (Å²) >= 11 is 5.55.